The number of urea groups is 1. The summed E-state index contributed by atoms with van der Waals surface area (Å²) in [5.41, 5.74) is 0.485. The molecule has 1 aromatic carbocycles. The summed E-state index contributed by atoms with van der Waals surface area (Å²) in [4.78, 5) is 27.8. The van der Waals surface area contributed by atoms with Crippen molar-refractivity contribution in [2.24, 2.45) is 0 Å². The molecule has 0 aliphatic carbocycles. The van der Waals surface area contributed by atoms with Crippen LogP contribution in [0.1, 0.15) is 25.7 Å². The summed E-state index contributed by atoms with van der Waals surface area (Å²) >= 11 is 11.8. The molecule has 0 saturated carbocycles. The van der Waals surface area contributed by atoms with Crippen LogP contribution in [0, 0.1) is 0 Å². The van der Waals surface area contributed by atoms with Gasteiger partial charge in [0.15, 0.2) is 0 Å². The fourth-order valence-electron chi connectivity index (χ4n) is 2.87. The fraction of sp³-hybridized carbons (Fsp3) is 0.429. The van der Waals surface area contributed by atoms with Gasteiger partial charge in [0.25, 0.3) is 0 Å². The smallest absolute Gasteiger partial charge is 0.320 e. The molecule has 0 bridgehead atoms. The Morgan fingerprint density at radius 1 is 1.10 bits per heavy atom. The van der Waals surface area contributed by atoms with Gasteiger partial charge in [0, 0.05) is 19.0 Å². The van der Waals surface area contributed by atoms with Gasteiger partial charge in [-0.25, -0.2) is 9.69 Å². The van der Waals surface area contributed by atoms with Gasteiger partial charge in [-0.3, -0.25) is 4.79 Å². The summed E-state index contributed by atoms with van der Waals surface area (Å²) in [7, 11) is 0. The van der Waals surface area contributed by atoms with E-state index >= 15 is 0 Å². The van der Waals surface area contributed by atoms with Crippen LogP contribution in [-0.2, 0) is 4.79 Å². The number of fused-ring (bicyclic) bond motifs is 1. The Bertz CT molecular complexity index is 576. The summed E-state index contributed by atoms with van der Waals surface area (Å²) in [6.45, 7) is 0.717. The zero-order valence-corrected chi connectivity index (χ0v) is 12.3. The number of imide groups is 1. The molecule has 2 aliphatic rings. The highest BCUT2D eigenvalue weighted by Crippen LogP contribution is 2.32. The van der Waals surface area contributed by atoms with Crippen LogP contribution in [0.2, 0.25) is 10.0 Å². The average molecular weight is 313 g/mol. The van der Waals surface area contributed by atoms with Crippen LogP contribution in [-0.4, -0.2) is 29.4 Å². The fourth-order valence-corrected chi connectivity index (χ4v) is 3.16. The van der Waals surface area contributed by atoms with Crippen molar-refractivity contribution in [3.05, 3.63) is 28.2 Å². The van der Waals surface area contributed by atoms with Crippen molar-refractivity contribution < 1.29 is 9.59 Å². The van der Waals surface area contributed by atoms with Crippen molar-refractivity contribution in [1.82, 2.24) is 4.90 Å². The molecule has 106 valence electrons. The number of carbonyl (C=O) groups excluding carboxylic acids is 2. The van der Waals surface area contributed by atoms with Gasteiger partial charge in [0.2, 0.25) is 5.91 Å². The van der Waals surface area contributed by atoms with E-state index < -0.39 is 0 Å². The van der Waals surface area contributed by atoms with Gasteiger partial charge >= 0.3 is 6.03 Å². The first kappa shape index (κ1) is 13.7. The number of anilines is 1. The van der Waals surface area contributed by atoms with Crippen molar-refractivity contribution in [2.75, 3.05) is 11.4 Å². The van der Waals surface area contributed by atoms with E-state index in [2.05, 4.69) is 0 Å². The van der Waals surface area contributed by atoms with Crippen molar-refractivity contribution in [3.8, 4) is 0 Å². The first-order chi connectivity index (χ1) is 9.58. The topological polar surface area (TPSA) is 40.6 Å². The van der Waals surface area contributed by atoms with E-state index in [1.807, 2.05) is 0 Å². The largest absolute Gasteiger partial charge is 0.331 e. The third kappa shape index (κ3) is 2.27. The van der Waals surface area contributed by atoms with E-state index in [4.69, 9.17) is 23.2 Å². The summed E-state index contributed by atoms with van der Waals surface area (Å²) in [6, 6.07) is 4.62. The highest BCUT2D eigenvalue weighted by molar-refractivity contribution is 6.42. The highest BCUT2D eigenvalue weighted by atomic mass is 35.5. The van der Waals surface area contributed by atoms with E-state index in [1.165, 1.54) is 4.90 Å². The first-order valence-electron chi connectivity index (χ1n) is 6.66. The molecule has 20 heavy (non-hydrogen) atoms. The Morgan fingerprint density at radius 3 is 2.65 bits per heavy atom. The maximum Gasteiger partial charge on any atom is 0.331 e. The molecule has 2 heterocycles. The Balaban J connectivity index is 1.93. The summed E-state index contributed by atoms with van der Waals surface area (Å²) in [5, 5.41) is 0.744. The molecule has 2 fully saturated rings. The third-order valence-corrected chi connectivity index (χ3v) is 4.62. The number of amides is 3. The van der Waals surface area contributed by atoms with Crippen molar-refractivity contribution in [2.45, 2.75) is 31.7 Å². The number of rotatable bonds is 1. The minimum atomic E-state index is -0.246. The van der Waals surface area contributed by atoms with Gasteiger partial charge in [-0.15, -0.1) is 0 Å². The first-order valence-corrected chi connectivity index (χ1v) is 7.42. The van der Waals surface area contributed by atoms with Crippen molar-refractivity contribution in [1.29, 1.82) is 0 Å². The minimum Gasteiger partial charge on any atom is -0.320 e. The van der Waals surface area contributed by atoms with Crippen LogP contribution >= 0.6 is 23.2 Å². The second-order valence-corrected chi connectivity index (χ2v) is 5.97. The third-order valence-electron chi connectivity index (χ3n) is 3.89. The van der Waals surface area contributed by atoms with Gasteiger partial charge in [-0.1, -0.05) is 23.2 Å². The van der Waals surface area contributed by atoms with Crippen LogP contribution in [0.4, 0.5) is 10.5 Å². The molecular weight excluding hydrogens is 299 g/mol. The minimum absolute atomic E-state index is 0.0581. The van der Waals surface area contributed by atoms with Crippen LogP contribution in [0.3, 0.4) is 0 Å². The molecule has 6 heteroatoms. The second-order valence-electron chi connectivity index (χ2n) is 5.16. The average Bonchev–Trinajstić information content (AvgIpc) is 2.43. The maximum atomic E-state index is 12.5. The van der Waals surface area contributed by atoms with E-state index in [0.717, 1.165) is 19.3 Å². The lowest BCUT2D eigenvalue weighted by molar-refractivity contribution is -0.120. The Kier molecular flexibility index (Phi) is 3.61. The van der Waals surface area contributed by atoms with Gasteiger partial charge in [0.1, 0.15) is 0 Å². The molecule has 0 aromatic heterocycles. The molecular formula is C14H14Cl2N2O2. The van der Waals surface area contributed by atoms with Crippen LogP contribution < -0.4 is 4.90 Å². The van der Waals surface area contributed by atoms with Crippen LogP contribution in [0.25, 0.3) is 0 Å². The van der Waals surface area contributed by atoms with Crippen LogP contribution in [0.5, 0.6) is 0 Å². The zero-order chi connectivity index (χ0) is 14.3. The van der Waals surface area contributed by atoms with Gasteiger partial charge < -0.3 is 4.90 Å². The van der Waals surface area contributed by atoms with Gasteiger partial charge in [-0.2, -0.15) is 0 Å². The SMILES string of the molecule is O=C1CC2CCCCN2C(=O)N1c1ccc(Cl)c(Cl)c1. The molecule has 3 amide bonds. The molecule has 3 rings (SSSR count). The molecule has 0 spiro atoms. The number of nitrogens with zero attached hydrogens (tertiary/aromatic N) is 2. The van der Waals surface area contributed by atoms with Gasteiger partial charge in [-0.05, 0) is 37.5 Å². The van der Waals surface area contributed by atoms with Gasteiger partial charge in [0.05, 0.1) is 15.7 Å². The normalized spacial score (nSPS) is 23.0. The number of hydrogen-bond acceptors (Lipinski definition) is 2. The monoisotopic (exact) mass is 312 g/mol. The second kappa shape index (κ2) is 5.26. The molecule has 0 radical (unpaired) electrons. The zero-order valence-electron chi connectivity index (χ0n) is 10.8. The number of halogens is 2. The molecule has 2 aliphatic heterocycles. The van der Waals surface area contributed by atoms with E-state index in [9.17, 15) is 9.59 Å². The maximum absolute atomic E-state index is 12.5. The summed E-state index contributed by atoms with van der Waals surface area (Å²) in [6.07, 6.45) is 3.36. The number of hydrogen-bond donors (Lipinski definition) is 0. The quantitative estimate of drug-likeness (QED) is 0.793. The Morgan fingerprint density at radius 2 is 1.90 bits per heavy atom. The lowest BCUT2D eigenvalue weighted by Crippen LogP contribution is -2.58. The highest BCUT2D eigenvalue weighted by Gasteiger charge is 2.40. The van der Waals surface area contributed by atoms with Crippen molar-refractivity contribution >= 4 is 40.8 Å². The predicted octanol–water partition coefficient (Wildman–Crippen LogP) is 3.70. The lowest BCUT2D eigenvalue weighted by atomic mass is 9.97. The molecule has 1 atom stereocenters. The molecule has 1 aromatic rings. The van der Waals surface area contributed by atoms with E-state index in [0.29, 0.717) is 28.7 Å². The Labute approximate surface area is 127 Å². The summed E-state index contributed by atoms with van der Waals surface area (Å²) in [5.74, 6) is -0.170. The molecule has 4 nitrogen and oxygen atoms in total. The van der Waals surface area contributed by atoms with Crippen molar-refractivity contribution in [3.63, 3.8) is 0 Å². The van der Waals surface area contributed by atoms with E-state index in [-0.39, 0.29) is 18.0 Å². The summed E-state index contributed by atoms with van der Waals surface area (Å²) < 4.78 is 0. The molecule has 2 saturated heterocycles. The van der Waals surface area contributed by atoms with Crippen LogP contribution in [0.15, 0.2) is 18.2 Å². The number of benzene rings is 1. The number of piperidine rings is 1. The predicted molar refractivity (Wildman–Crippen MR) is 78.3 cm³/mol. The molecule has 1 unspecified atom stereocenters. The molecule has 0 N–H and O–H groups in total. The Hall–Kier alpha value is -1.26. The van der Waals surface area contributed by atoms with E-state index in [1.54, 1.807) is 23.1 Å². The lowest BCUT2D eigenvalue weighted by Gasteiger charge is -2.42. The standard InChI is InChI=1S/C14H14Cl2N2O2/c15-11-5-4-10(7-12(11)16)18-13(19)8-9-3-1-2-6-17(9)14(18)20/h4-5,7,9H,1-3,6,8H2. The number of carbonyl (C=O) groups is 2.